The van der Waals surface area contributed by atoms with Crippen LogP contribution in [0.5, 0.6) is 0 Å². The molecule has 0 aliphatic rings. The van der Waals surface area contributed by atoms with Crippen molar-refractivity contribution in [2.45, 2.75) is 48.5 Å². The van der Waals surface area contributed by atoms with E-state index in [0.29, 0.717) is 0 Å². The minimum atomic E-state index is -0.664. The van der Waals surface area contributed by atoms with Gasteiger partial charge in [-0.15, -0.1) is 0 Å². The number of hydrogen-bond acceptors (Lipinski definition) is 0. The Kier molecular flexibility index (Phi) is 8.75. The molecule has 0 unspecified atom stereocenters. The molecule has 0 amide bonds. The van der Waals surface area contributed by atoms with E-state index in [0.717, 1.165) is 0 Å². The molecule has 0 atom stereocenters. The van der Waals surface area contributed by atoms with Gasteiger partial charge in [0.1, 0.15) is 0 Å². The van der Waals surface area contributed by atoms with Gasteiger partial charge in [-0.2, -0.15) is 0 Å². The Bertz CT molecular complexity index is 131. The van der Waals surface area contributed by atoms with Gasteiger partial charge in [-0.3, -0.25) is 0 Å². The Hall–Kier alpha value is 0.677. The fraction of sp³-hybridized carbons (Fsp3) is 0.800. The summed E-state index contributed by atoms with van der Waals surface area (Å²) in [6.07, 6.45) is 0. The van der Waals surface area contributed by atoms with Crippen molar-refractivity contribution in [2.75, 3.05) is 0 Å². The van der Waals surface area contributed by atoms with Crippen molar-refractivity contribution >= 4 is 29.3 Å². The Morgan fingerprint density at radius 2 is 0.917 bits per heavy atom. The van der Waals surface area contributed by atoms with Gasteiger partial charge in [0.15, 0.2) is 0 Å². The Morgan fingerprint density at radius 1 is 0.667 bits per heavy atom. The summed E-state index contributed by atoms with van der Waals surface area (Å²) < 4.78 is 7.16. The summed E-state index contributed by atoms with van der Waals surface area (Å²) in [4.78, 5) is 0. The molecule has 0 aromatic carbocycles. The molecule has 0 aromatic heterocycles. The average molecular weight is 290 g/mol. The predicted octanol–water partition coefficient (Wildman–Crippen LogP) is 3.14. The van der Waals surface area contributed by atoms with Crippen molar-refractivity contribution in [1.29, 1.82) is 0 Å². The molecule has 0 aliphatic heterocycles. The molecule has 0 nitrogen and oxygen atoms in total. The van der Waals surface area contributed by atoms with Crippen LogP contribution in [0.2, 0.25) is 20.8 Å². The maximum atomic E-state index is 3.58. The zero-order valence-electron chi connectivity index (χ0n) is 8.72. The van der Waals surface area contributed by atoms with Gasteiger partial charge in [0, 0.05) is 0 Å². The van der Waals surface area contributed by atoms with Crippen molar-refractivity contribution < 1.29 is 0 Å². The van der Waals surface area contributed by atoms with Gasteiger partial charge in [0.05, 0.1) is 0 Å². The molecule has 0 rings (SSSR count). The fourth-order valence-electron chi connectivity index (χ4n) is 0.905. The molecule has 70 valence electrons. The second-order valence-corrected chi connectivity index (χ2v) is 13.3. The van der Waals surface area contributed by atoms with E-state index in [1.807, 2.05) is 0 Å². The van der Waals surface area contributed by atoms with Crippen molar-refractivity contribution in [3.63, 3.8) is 0 Å². The van der Waals surface area contributed by atoms with E-state index < -0.39 is 29.3 Å². The van der Waals surface area contributed by atoms with E-state index in [2.05, 4.69) is 37.1 Å². The summed E-state index contributed by atoms with van der Waals surface area (Å²) in [7, 11) is 0. The summed E-state index contributed by atoms with van der Waals surface area (Å²) in [5.74, 6) is 0. The van der Waals surface area contributed by atoms with Gasteiger partial charge in [0.2, 0.25) is 0 Å². The Labute approximate surface area is 87.0 Å². The molecule has 0 saturated heterocycles. The average Bonchev–Trinajstić information content (AvgIpc) is 2.13. The minimum absolute atomic E-state index is 0.664. The summed E-state index contributed by atoms with van der Waals surface area (Å²) in [5, 5.41) is 5.47. The molecule has 0 spiro atoms. The SMILES string of the molecule is CC[As](C#C[As](CC)CC)CC. The van der Waals surface area contributed by atoms with Crippen LogP contribution in [0.15, 0.2) is 0 Å². The molecule has 0 aliphatic carbocycles. The van der Waals surface area contributed by atoms with E-state index in [-0.39, 0.29) is 0 Å². The van der Waals surface area contributed by atoms with E-state index in [1.54, 1.807) is 0 Å². The fourth-order valence-corrected chi connectivity index (χ4v) is 7.79. The summed E-state index contributed by atoms with van der Waals surface area (Å²) in [5.41, 5.74) is 0. The molecule has 0 N–H and O–H groups in total. The zero-order chi connectivity index (χ0) is 9.40. The van der Waals surface area contributed by atoms with Crippen molar-refractivity contribution in [1.82, 2.24) is 0 Å². The van der Waals surface area contributed by atoms with Gasteiger partial charge in [-0.05, 0) is 0 Å². The summed E-state index contributed by atoms with van der Waals surface area (Å²) >= 11 is -1.33. The van der Waals surface area contributed by atoms with Gasteiger partial charge < -0.3 is 0 Å². The van der Waals surface area contributed by atoms with E-state index >= 15 is 0 Å². The first-order valence-corrected chi connectivity index (χ1v) is 12.0. The summed E-state index contributed by atoms with van der Waals surface area (Å²) in [6.45, 7) is 9.20. The van der Waals surface area contributed by atoms with Crippen LogP contribution in [0.1, 0.15) is 27.7 Å². The van der Waals surface area contributed by atoms with Gasteiger partial charge in [-0.25, -0.2) is 0 Å². The topological polar surface area (TPSA) is 0 Å². The third-order valence-electron chi connectivity index (χ3n) is 1.89. The third kappa shape index (κ3) is 5.34. The second kappa shape index (κ2) is 8.28. The second-order valence-electron chi connectivity index (χ2n) is 2.57. The quantitative estimate of drug-likeness (QED) is 0.551. The van der Waals surface area contributed by atoms with Crippen LogP contribution in [-0.4, -0.2) is 29.3 Å². The van der Waals surface area contributed by atoms with E-state index in [4.69, 9.17) is 0 Å². The first-order chi connectivity index (χ1) is 5.78. The van der Waals surface area contributed by atoms with Crippen molar-refractivity contribution in [2.24, 2.45) is 0 Å². The van der Waals surface area contributed by atoms with Crippen molar-refractivity contribution in [3.8, 4) is 9.42 Å². The van der Waals surface area contributed by atoms with Crippen LogP contribution < -0.4 is 0 Å². The molecule has 0 fully saturated rings. The Morgan fingerprint density at radius 3 is 1.08 bits per heavy atom. The number of rotatable bonds is 4. The third-order valence-corrected chi connectivity index (χ3v) is 10.9. The van der Waals surface area contributed by atoms with Crippen LogP contribution in [-0.2, 0) is 0 Å². The normalized spacial score (nSPS) is 10.2. The standard InChI is InChI=1S/C10H20As2/c1-5-11(6-2)9-10-12(7-3)8-4/h5-8H2,1-4H3. The van der Waals surface area contributed by atoms with Crippen LogP contribution in [0.4, 0.5) is 0 Å². The molecule has 0 saturated carbocycles. The van der Waals surface area contributed by atoms with E-state index in [9.17, 15) is 0 Å². The molecular formula is C10H20As2. The van der Waals surface area contributed by atoms with Crippen LogP contribution in [0.25, 0.3) is 0 Å². The molecule has 12 heavy (non-hydrogen) atoms. The molecule has 0 aromatic rings. The monoisotopic (exact) mass is 290 g/mol. The first kappa shape index (κ1) is 12.7. The van der Waals surface area contributed by atoms with Crippen LogP contribution >= 0.6 is 0 Å². The summed E-state index contributed by atoms with van der Waals surface area (Å²) in [6, 6.07) is 0. The maximum absolute atomic E-state index is 3.58. The molecular weight excluding hydrogens is 270 g/mol. The van der Waals surface area contributed by atoms with Crippen LogP contribution in [0.3, 0.4) is 0 Å². The first-order valence-electron chi connectivity index (χ1n) is 4.79. The Balaban J connectivity index is 3.96. The van der Waals surface area contributed by atoms with E-state index in [1.165, 1.54) is 20.8 Å². The molecule has 2 heteroatoms. The van der Waals surface area contributed by atoms with Gasteiger partial charge >= 0.3 is 87.2 Å². The van der Waals surface area contributed by atoms with Gasteiger partial charge in [0.25, 0.3) is 0 Å². The zero-order valence-corrected chi connectivity index (χ0v) is 12.5. The van der Waals surface area contributed by atoms with Crippen LogP contribution in [0, 0.1) is 9.42 Å². The molecule has 0 radical (unpaired) electrons. The van der Waals surface area contributed by atoms with Gasteiger partial charge in [-0.1, -0.05) is 0 Å². The number of hydrogen-bond donors (Lipinski definition) is 0. The molecule has 0 bridgehead atoms. The molecule has 0 heterocycles. The van der Waals surface area contributed by atoms with Crippen molar-refractivity contribution in [3.05, 3.63) is 0 Å². The predicted molar refractivity (Wildman–Crippen MR) is 61.2 cm³/mol.